The van der Waals surface area contributed by atoms with Crippen LogP contribution in [0.1, 0.15) is 12.0 Å². The van der Waals surface area contributed by atoms with Crippen LogP contribution in [0.5, 0.6) is 0 Å². The number of hydrogen-bond acceptors (Lipinski definition) is 4. The van der Waals surface area contributed by atoms with Gasteiger partial charge in [-0.3, -0.25) is 4.98 Å². The van der Waals surface area contributed by atoms with Gasteiger partial charge in [0, 0.05) is 23.0 Å². The zero-order valence-electron chi connectivity index (χ0n) is 11.6. The third kappa shape index (κ3) is 3.60. The third-order valence-corrected chi connectivity index (χ3v) is 4.54. The summed E-state index contributed by atoms with van der Waals surface area (Å²) < 4.78 is 0. The maximum Gasteiger partial charge on any atom is 0.0674 e. The number of rotatable bonds is 7. The van der Waals surface area contributed by atoms with Gasteiger partial charge in [-0.05, 0) is 31.2 Å². The van der Waals surface area contributed by atoms with Crippen molar-refractivity contribution in [1.29, 1.82) is 0 Å². The highest BCUT2D eigenvalue weighted by molar-refractivity contribution is 7.99. The quantitative estimate of drug-likeness (QED) is 0.769. The molecule has 2 aromatic rings. The summed E-state index contributed by atoms with van der Waals surface area (Å²) in [5.74, 6) is 0.931. The fourth-order valence-electron chi connectivity index (χ4n) is 2.20. The van der Waals surface area contributed by atoms with Crippen molar-refractivity contribution >= 4 is 11.8 Å². The Morgan fingerprint density at radius 2 is 1.85 bits per heavy atom. The van der Waals surface area contributed by atoms with E-state index >= 15 is 0 Å². The largest absolute Gasteiger partial charge is 0.394 e. The first kappa shape index (κ1) is 15.0. The fraction of sp³-hybridized carbons (Fsp3) is 0.312. The number of benzene rings is 1. The first-order valence-corrected chi connectivity index (χ1v) is 7.67. The van der Waals surface area contributed by atoms with Crippen molar-refractivity contribution in [1.82, 2.24) is 10.3 Å². The number of hydrogen-bond donors (Lipinski definition) is 2. The number of aliphatic hydroxyl groups excluding tert-OH is 1. The van der Waals surface area contributed by atoms with E-state index in [2.05, 4.69) is 22.4 Å². The molecular weight excluding hydrogens is 268 g/mol. The molecule has 0 bridgehead atoms. The Labute approximate surface area is 124 Å². The van der Waals surface area contributed by atoms with E-state index in [1.165, 1.54) is 4.90 Å². The average molecular weight is 288 g/mol. The van der Waals surface area contributed by atoms with Crippen LogP contribution in [0.3, 0.4) is 0 Å². The third-order valence-electron chi connectivity index (χ3n) is 3.52. The van der Waals surface area contributed by atoms with E-state index < -0.39 is 0 Å². The first-order chi connectivity index (χ1) is 9.80. The molecule has 0 spiro atoms. The van der Waals surface area contributed by atoms with E-state index in [0.29, 0.717) is 0 Å². The molecule has 0 radical (unpaired) electrons. The van der Waals surface area contributed by atoms with Crippen LogP contribution >= 0.6 is 11.8 Å². The SMILES string of the molecule is CNC(CO)(CCSc1ccncc1)c1ccccc1. The summed E-state index contributed by atoms with van der Waals surface area (Å²) >= 11 is 1.78. The fourth-order valence-corrected chi connectivity index (χ4v) is 3.20. The molecule has 0 aliphatic rings. The first-order valence-electron chi connectivity index (χ1n) is 6.69. The molecule has 3 nitrogen and oxygen atoms in total. The molecule has 0 saturated heterocycles. The van der Waals surface area contributed by atoms with Crippen molar-refractivity contribution in [3.63, 3.8) is 0 Å². The minimum Gasteiger partial charge on any atom is -0.394 e. The number of pyridine rings is 1. The van der Waals surface area contributed by atoms with E-state index in [-0.39, 0.29) is 12.1 Å². The summed E-state index contributed by atoms with van der Waals surface area (Å²) in [4.78, 5) is 5.22. The lowest BCUT2D eigenvalue weighted by molar-refractivity contribution is 0.165. The molecule has 1 atom stereocenters. The summed E-state index contributed by atoms with van der Waals surface area (Å²) in [6.07, 6.45) is 4.46. The summed E-state index contributed by atoms with van der Waals surface area (Å²) in [6.45, 7) is 0.0877. The highest BCUT2D eigenvalue weighted by Crippen LogP contribution is 2.28. The minimum absolute atomic E-state index is 0.0877. The zero-order valence-corrected chi connectivity index (χ0v) is 12.4. The lowest BCUT2D eigenvalue weighted by atomic mass is 9.88. The second-order valence-electron chi connectivity index (χ2n) is 4.64. The van der Waals surface area contributed by atoms with Gasteiger partial charge in [0.05, 0.1) is 12.1 Å². The lowest BCUT2D eigenvalue weighted by Gasteiger charge is -2.32. The zero-order chi connectivity index (χ0) is 14.3. The van der Waals surface area contributed by atoms with Crippen LogP contribution in [-0.2, 0) is 5.54 Å². The Balaban J connectivity index is 2.03. The molecule has 2 N–H and O–H groups in total. The molecule has 1 unspecified atom stereocenters. The van der Waals surface area contributed by atoms with E-state index in [0.717, 1.165) is 17.7 Å². The van der Waals surface area contributed by atoms with Gasteiger partial charge in [-0.2, -0.15) is 0 Å². The van der Waals surface area contributed by atoms with Crippen molar-refractivity contribution in [2.45, 2.75) is 16.9 Å². The van der Waals surface area contributed by atoms with Crippen molar-refractivity contribution in [3.8, 4) is 0 Å². The summed E-state index contributed by atoms with van der Waals surface area (Å²) in [7, 11) is 1.90. The molecule has 1 aromatic heterocycles. The van der Waals surface area contributed by atoms with Gasteiger partial charge in [-0.1, -0.05) is 30.3 Å². The Kier molecular flexibility index (Phi) is 5.59. The predicted molar refractivity (Wildman–Crippen MR) is 83.8 cm³/mol. The highest BCUT2D eigenvalue weighted by Gasteiger charge is 2.28. The van der Waals surface area contributed by atoms with E-state index in [1.807, 2.05) is 37.4 Å². The molecule has 1 heterocycles. The standard InChI is InChI=1S/C16H20N2OS/c1-17-16(13-19,14-5-3-2-4-6-14)9-12-20-15-7-10-18-11-8-15/h2-8,10-11,17,19H,9,12-13H2,1H3. The number of aliphatic hydroxyl groups is 1. The van der Waals surface area contributed by atoms with Crippen molar-refractivity contribution < 1.29 is 5.11 Å². The van der Waals surface area contributed by atoms with Crippen LogP contribution in [0, 0.1) is 0 Å². The van der Waals surface area contributed by atoms with Gasteiger partial charge in [0.15, 0.2) is 0 Å². The van der Waals surface area contributed by atoms with Crippen LogP contribution < -0.4 is 5.32 Å². The molecule has 0 aliphatic heterocycles. The van der Waals surface area contributed by atoms with Gasteiger partial charge in [0.2, 0.25) is 0 Å². The van der Waals surface area contributed by atoms with Crippen LogP contribution in [0.25, 0.3) is 0 Å². The van der Waals surface area contributed by atoms with E-state index in [1.54, 1.807) is 24.2 Å². The molecule has 106 valence electrons. The molecule has 0 aliphatic carbocycles. The second kappa shape index (κ2) is 7.43. The molecule has 2 rings (SSSR count). The molecular formula is C16H20N2OS. The van der Waals surface area contributed by atoms with Crippen molar-refractivity contribution in [2.75, 3.05) is 19.4 Å². The smallest absolute Gasteiger partial charge is 0.0674 e. The molecule has 0 fully saturated rings. The van der Waals surface area contributed by atoms with Crippen LogP contribution in [0.2, 0.25) is 0 Å². The molecule has 4 heteroatoms. The van der Waals surface area contributed by atoms with Gasteiger partial charge in [-0.25, -0.2) is 0 Å². The van der Waals surface area contributed by atoms with Crippen LogP contribution in [0.15, 0.2) is 59.8 Å². The van der Waals surface area contributed by atoms with Crippen LogP contribution in [0.4, 0.5) is 0 Å². The summed E-state index contributed by atoms with van der Waals surface area (Å²) in [6, 6.07) is 14.1. The Morgan fingerprint density at radius 1 is 1.15 bits per heavy atom. The monoisotopic (exact) mass is 288 g/mol. The minimum atomic E-state index is -0.374. The van der Waals surface area contributed by atoms with Crippen molar-refractivity contribution in [2.24, 2.45) is 0 Å². The van der Waals surface area contributed by atoms with Gasteiger partial charge >= 0.3 is 0 Å². The predicted octanol–water partition coefficient (Wildman–Crippen LogP) is 2.67. The van der Waals surface area contributed by atoms with E-state index in [9.17, 15) is 5.11 Å². The molecule has 20 heavy (non-hydrogen) atoms. The summed E-state index contributed by atoms with van der Waals surface area (Å²) in [5.41, 5.74) is 0.752. The van der Waals surface area contributed by atoms with Crippen LogP contribution in [-0.4, -0.2) is 29.5 Å². The topological polar surface area (TPSA) is 45.1 Å². The number of nitrogens with zero attached hydrogens (tertiary/aromatic N) is 1. The Morgan fingerprint density at radius 3 is 2.45 bits per heavy atom. The maximum absolute atomic E-state index is 9.85. The molecule has 1 aromatic carbocycles. The van der Waals surface area contributed by atoms with E-state index in [4.69, 9.17) is 0 Å². The number of likely N-dealkylation sites (N-methyl/N-ethyl adjacent to an activating group) is 1. The second-order valence-corrected chi connectivity index (χ2v) is 5.81. The molecule has 0 saturated carbocycles. The number of aromatic nitrogens is 1. The van der Waals surface area contributed by atoms with Gasteiger partial charge in [-0.15, -0.1) is 11.8 Å². The lowest BCUT2D eigenvalue weighted by Crippen LogP contribution is -2.44. The Hall–Kier alpha value is -1.36. The highest BCUT2D eigenvalue weighted by atomic mass is 32.2. The number of thioether (sulfide) groups is 1. The normalized spacial score (nSPS) is 13.9. The average Bonchev–Trinajstić information content (AvgIpc) is 2.54. The van der Waals surface area contributed by atoms with Crippen molar-refractivity contribution in [3.05, 3.63) is 60.4 Å². The van der Waals surface area contributed by atoms with Gasteiger partial charge in [0.1, 0.15) is 0 Å². The van der Waals surface area contributed by atoms with Gasteiger partial charge < -0.3 is 10.4 Å². The summed E-state index contributed by atoms with van der Waals surface area (Å²) in [5, 5.41) is 13.1. The number of nitrogens with one attached hydrogen (secondary N) is 1. The van der Waals surface area contributed by atoms with Gasteiger partial charge in [0.25, 0.3) is 0 Å². The maximum atomic E-state index is 9.85. The Bertz CT molecular complexity index is 500. The molecule has 0 amide bonds.